The van der Waals surface area contributed by atoms with Crippen molar-refractivity contribution in [2.24, 2.45) is 5.92 Å². The van der Waals surface area contributed by atoms with Crippen molar-refractivity contribution < 1.29 is 4.79 Å². The van der Waals surface area contributed by atoms with E-state index in [0.29, 0.717) is 5.92 Å². The van der Waals surface area contributed by atoms with Crippen LogP contribution in [0.2, 0.25) is 0 Å². The SMILES string of the molecule is Cc1ccc2[nH]ncc2c1C(=O)N1CCC(Cc2nccs2)C1. The van der Waals surface area contributed by atoms with Gasteiger partial charge in [-0.1, -0.05) is 6.07 Å². The lowest BCUT2D eigenvalue weighted by Gasteiger charge is -2.18. The second-order valence-corrected chi connectivity index (χ2v) is 7.10. The van der Waals surface area contributed by atoms with E-state index in [2.05, 4.69) is 15.2 Å². The van der Waals surface area contributed by atoms with Gasteiger partial charge in [0.2, 0.25) is 0 Å². The number of aryl methyl sites for hydroxylation is 1. The van der Waals surface area contributed by atoms with Crippen LogP contribution >= 0.6 is 11.3 Å². The molecule has 23 heavy (non-hydrogen) atoms. The van der Waals surface area contributed by atoms with Gasteiger partial charge in [-0.2, -0.15) is 5.10 Å². The molecule has 1 atom stereocenters. The highest BCUT2D eigenvalue weighted by Gasteiger charge is 2.29. The molecule has 1 unspecified atom stereocenters. The Bertz CT molecular complexity index is 840. The number of carbonyl (C=O) groups excluding carboxylic acids is 1. The fourth-order valence-corrected chi connectivity index (χ4v) is 4.09. The Labute approximate surface area is 138 Å². The van der Waals surface area contributed by atoms with Crippen molar-refractivity contribution in [3.05, 3.63) is 46.0 Å². The molecule has 6 heteroatoms. The topological polar surface area (TPSA) is 61.9 Å². The highest BCUT2D eigenvalue weighted by atomic mass is 32.1. The van der Waals surface area contributed by atoms with Crippen LogP contribution in [0.3, 0.4) is 0 Å². The van der Waals surface area contributed by atoms with Gasteiger partial charge in [-0.15, -0.1) is 11.3 Å². The van der Waals surface area contributed by atoms with Crippen molar-refractivity contribution in [3.8, 4) is 0 Å². The van der Waals surface area contributed by atoms with Crippen LogP contribution in [0.25, 0.3) is 10.9 Å². The van der Waals surface area contributed by atoms with Crippen LogP contribution in [0.15, 0.2) is 29.9 Å². The van der Waals surface area contributed by atoms with Gasteiger partial charge in [0.15, 0.2) is 0 Å². The lowest BCUT2D eigenvalue weighted by atomic mass is 10.0. The number of amides is 1. The number of likely N-dealkylation sites (tertiary alicyclic amines) is 1. The van der Waals surface area contributed by atoms with Gasteiger partial charge in [-0.3, -0.25) is 9.89 Å². The van der Waals surface area contributed by atoms with Gasteiger partial charge in [-0.05, 0) is 30.9 Å². The van der Waals surface area contributed by atoms with E-state index in [-0.39, 0.29) is 5.91 Å². The molecule has 3 aromatic rings. The minimum atomic E-state index is 0.121. The summed E-state index contributed by atoms with van der Waals surface area (Å²) in [6.45, 7) is 3.62. The summed E-state index contributed by atoms with van der Waals surface area (Å²) in [5, 5.41) is 11.1. The van der Waals surface area contributed by atoms with Crippen LogP contribution in [0.5, 0.6) is 0 Å². The summed E-state index contributed by atoms with van der Waals surface area (Å²) < 4.78 is 0. The molecule has 118 valence electrons. The van der Waals surface area contributed by atoms with Crippen LogP contribution in [0.4, 0.5) is 0 Å². The highest BCUT2D eigenvalue weighted by molar-refractivity contribution is 7.09. The van der Waals surface area contributed by atoms with Crippen molar-refractivity contribution in [2.75, 3.05) is 13.1 Å². The van der Waals surface area contributed by atoms with Gasteiger partial charge in [0.05, 0.1) is 22.3 Å². The number of hydrogen-bond acceptors (Lipinski definition) is 4. The molecule has 1 aromatic carbocycles. The summed E-state index contributed by atoms with van der Waals surface area (Å²) >= 11 is 1.69. The Morgan fingerprint density at radius 2 is 2.39 bits per heavy atom. The fourth-order valence-electron chi connectivity index (χ4n) is 3.35. The Morgan fingerprint density at radius 1 is 1.48 bits per heavy atom. The molecule has 1 aliphatic rings. The lowest BCUT2D eigenvalue weighted by Crippen LogP contribution is -2.29. The van der Waals surface area contributed by atoms with Crippen molar-refractivity contribution in [1.29, 1.82) is 0 Å². The van der Waals surface area contributed by atoms with E-state index >= 15 is 0 Å². The molecule has 1 N–H and O–H groups in total. The van der Waals surface area contributed by atoms with Gasteiger partial charge in [0, 0.05) is 36.5 Å². The minimum absolute atomic E-state index is 0.121. The molecule has 3 heterocycles. The summed E-state index contributed by atoms with van der Waals surface area (Å²) in [4.78, 5) is 19.3. The summed E-state index contributed by atoms with van der Waals surface area (Å²) in [6.07, 6.45) is 5.61. The Balaban J connectivity index is 1.55. The lowest BCUT2D eigenvalue weighted by molar-refractivity contribution is 0.0788. The molecule has 1 amide bonds. The predicted octanol–water partition coefficient (Wildman–Crippen LogP) is 3.03. The van der Waals surface area contributed by atoms with E-state index in [1.165, 1.54) is 0 Å². The van der Waals surface area contributed by atoms with E-state index in [0.717, 1.165) is 53.0 Å². The van der Waals surface area contributed by atoms with E-state index in [1.807, 2.05) is 35.5 Å². The third-order valence-corrected chi connectivity index (χ3v) is 5.37. The Kier molecular flexibility index (Phi) is 3.61. The number of aromatic nitrogens is 3. The number of thiazole rings is 1. The molecule has 0 spiro atoms. The Hall–Kier alpha value is -2.21. The third-order valence-electron chi connectivity index (χ3n) is 4.57. The van der Waals surface area contributed by atoms with E-state index in [9.17, 15) is 4.79 Å². The maximum atomic E-state index is 13.0. The van der Waals surface area contributed by atoms with Crippen molar-refractivity contribution >= 4 is 28.1 Å². The molecule has 0 aliphatic carbocycles. The first-order valence-electron chi connectivity index (χ1n) is 7.82. The number of nitrogens with zero attached hydrogens (tertiary/aromatic N) is 3. The molecule has 5 nitrogen and oxygen atoms in total. The second-order valence-electron chi connectivity index (χ2n) is 6.12. The molecular formula is C17H18N4OS. The number of nitrogens with one attached hydrogen (secondary N) is 1. The van der Waals surface area contributed by atoms with E-state index < -0.39 is 0 Å². The number of rotatable bonds is 3. The number of aromatic amines is 1. The molecular weight excluding hydrogens is 308 g/mol. The van der Waals surface area contributed by atoms with Crippen LogP contribution in [-0.2, 0) is 6.42 Å². The maximum Gasteiger partial charge on any atom is 0.254 e. The largest absolute Gasteiger partial charge is 0.338 e. The zero-order chi connectivity index (χ0) is 15.8. The number of carbonyl (C=O) groups is 1. The average molecular weight is 326 g/mol. The van der Waals surface area contributed by atoms with Gasteiger partial charge in [0.1, 0.15) is 0 Å². The monoisotopic (exact) mass is 326 g/mol. The molecule has 0 saturated carbocycles. The molecule has 0 bridgehead atoms. The average Bonchev–Trinajstić information content (AvgIpc) is 3.27. The summed E-state index contributed by atoms with van der Waals surface area (Å²) in [5.74, 6) is 0.630. The molecule has 4 rings (SSSR count). The van der Waals surface area contributed by atoms with Crippen molar-refractivity contribution in [1.82, 2.24) is 20.1 Å². The smallest absolute Gasteiger partial charge is 0.254 e. The van der Waals surface area contributed by atoms with Gasteiger partial charge in [-0.25, -0.2) is 4.98 Å². The van der Waals surface area contributed by atoms with E-state index in [4.69, 9.17) is 0 Å². The van der Waals surface area contributed by atoms with E-state index in [1.54, 1.807) is 17.5 Å². The predicted molar refractivity (Wildman–Crippen MR) is 90.7 cm³/mol. The maximum absolute atomic E-state index is 13.0. The molecule has 1 saturated heterocycles. The van der Waals surface area contributed by atoms with Crippen molar-refractivity contribution in [3.63, 3.8) is 0 Å². The first kappa shape index (κ1) is 14.4. The van der Waals surface area contributed by atoms with Gasteiger partial charge >= 0.3 is 0 Å². The normalized spacial score (nSPS) is 18.0. The standard InChI is InChI=1S/C17H18N4OS/c1-11-2-3-14-13(9-19-20-14)16(11)17(22)21-6-4-12(10-21)8-15-18-5-7-23-15/h2-3,5,7,9,12H,4,6,8,10H2,1H3,(H,19,20). The number of H-pyrrole nitrogens is 1. The molecule has 1 aliphatic heterocycles. The number of benzene rings is 1. The summed E-state index contributed by atoms with van der Waals surface area (Å²) in [7, 11) is 0. The fraction of sp³-hybridized carbons (Fsp3) is 0.353. The van der Waals surface area contributed by atoms with Crippen LogP contribution < -0.4 is 0 Å². The summed E-state index contributed by atoms with van der Waals surface area (Å²) in [6, 6.07) is 3.96. The summed E-state index contributed by atoms with van der Waals surface area (Å²) in [5.41, 5.74) is 2.70. The number of hydrogen-bond donors (Lipinski definition) is 1. The van der Waals surface area contributed by atoms with Crippen LogP contribution in [0, 0.1) is 12.8 Å². The second kappa shape index (κ2) is 5.77. The highest BCUT2D eigenvalue weighted by Crippen LogP contribution is 2.27. The minimum Gasteiger partial charge on any atom is -0.338 e. The first-order chi connectivity index (χ1) is 11.2. The zero-order valence-corrected chi connectivity index (χ0v) is 13.8. The molecule has 2 aromatic heterocycles. The third kappa shape index (κ3) is 2.63. The van der Waals surface area contributed by atoms with Crippen molar-refractivity contribution in [2.45, 2.75) is 19.8 Å². The first-order valence-corrected chi connectivity index (χ1v) is 8.70. The van der Waals surface area contributed by atoms with Gasteiger partial charge in [0.25, 0.3) is 5.91 Å². The quantitative estimate of drug-likeness (QED) is 0.805. The number of fused-ring (bicyclic) bond motifs is 1. The zero-order valence-electron chi connectivity index (χ0n) is 13.0. The Morgan fingerprint density at radius 3 is 3.22 bits per heavy atom. The van der Waals surface area contributed by atoms with Crippen LogP contribution in [-0.4, -0.2) is 39.1 Å². The molecule has 0 radical (unpaired) electrons. The van der Waals surface area contributed by atoms with Crippen LogP contribution in [0.1, 0.15) is 27.3 Å². The molecule has 1 fully saturated rings. The van der Waals surface area contributed by atoms with Gasteiger partial charge < -0.3 is 4.90 Å².